The average Bonchev–Trinajstić information content (AvgIpc) is 2.51. The average molecular weight is 290 g/mol. The van der Waals surface area contributed by atoms with Crippen LogP contribution >= 0.6 is 0 Å². The minimum absolute atomic E-state index is 0.0565. The highest BCUT2D eigenvalue weighted by Gasteiger charge is 2.22. The SMILES string of the molecule is C\C=C/N=C(/C=C(\C)CC)C(=O)NC(C)C1CCCCC1. The molecule has 0 radical (unpaired) electrons. The highest BCUT2D eigenvalue weighted by atomic mass is 16.1. The van der Waals surface area contributed by atoms with Crippen LogP contribution in [0.15, 0.2) is 28.9 Å². The van der Waals surface area contributed by atoms with E-state index in [1.165, 1.54) is 37.7 Å². The highest BCUT2D eigenvalue weighted by Crippen LogP contribution is 2.26. The number of nitrogens with zero attached hydrogens (tertiary/aromatic N) is 1. The Labute approximate surface area is 129 Å². The Hall–Kier alpha value is -1.38. The summed E-state index contributed by atoms with van der Waals surface area (Å²) < 4.78 is 0. The van der Waals surface area contributed by atoms with Crippen molar-refractivity contribution >= 4 is 11.6 Å². The van der Waals surface area contributed by atoms with Gasteiger partial charge in [-0.1, -0.05) is 37.8 Å². The van der Waals surface area contributed by atoms with Gasteiger partial charge in [-0.25, -0.2) is 0 Å². The first-order valence-electron chi connectivity index (χ1n) is 8.25. The van der Waals surface area contributed by atoms with Gasteiger partial charge < -0.3 is 5.32 Å². The van der Waals surface area contributed by atoms with Gasteiger partial charge in [0.05, 0.1) is 0 Å². The summed E-state index contributed by atoms with van der Waals surface area (Å²) in [6, 6.07) is 0.226. The van der Waals surface area contributed by atoms with E-state index in [1.54, 1.807) is 6.20 Å². The maximum atomic E-state index is 12.4. The van der Waals surface area contributed by atoms with Crippen molar-refractivity contribution in [1.82, 2.24) is 5.32 Å². The fraction of sp³-hybridized carbons (Fsp3) is 0.667. The maximum absolute atomic E-state index is 12.4. The van der Waals surface area contributed by atoms with E-state index in [1.807, 2.05) is 26.0 Å². The number of aliphatic imine (C=N–C) groups is 1. The summed E-state index contributed by atoms with van der Waals surface area (Å²) in [5.74, 6) is 0.556. The third kappa shape index (κ3) is 6.28. The zero-order valence-corrected chi connectivity index (χ0v) is 14.0. The molecule has 0 bridgehead atoms. The van der Waals surface area contributed by atoms with E-state index in [4.69, 9.17) is 0 Å². The molecule has 1 unspecified atom stereocenters. The second-order valence-corrected chi connectivity index (χ2v) is 6.00. The van der Waals surface area contributed by atoms with Crippen LogP contribution in [0.1, 0.15) is 66.2 Å². The van der Waals surface area contributed by atoms with E-state index in [0.717, 1.165) is 6.42 Å². The van der Waals surface area contributed by atoms with Crippen LogP contribution in [0.5, 0.6) is 0 Å². The molecule has 1 amide bonds. The smallest absolute Gasteiger partial charge is 0.270 e. The first kappa shape index (κ1) is 17.7. The number of carbonyl (C=O) groups excluding carboxylic acids is 1. The minimum atomic E-state index is -0.0565. The molecule has 21 heavy (non-hydrogen) atoms. The first-order valence-corrected chi connectivity index (χ1v) is 8.25. The number of nitrogens with one attached hydrogen (secondary N) is 1. The monoisotopic (exact) mass is 290 g/mol. The molecule has 1 fully saturated rings. The molecule has 0 aromatic carbocycles. The van der Waals surface area contributed by atoms with Gasteiger partial charge in [0.1, 0.15) is 5.71 Å². The van der Waals surface area contributed by atoms with Gasteiger partial charge in [-0.2, -0.15) is 0 Å². The van der Waals surface area contributed by atoms with Crippen molar-refractivity contribution in [1.29, 1.82) is 0 Å². The molecule has 3 heteroatoms. The predicted octanol–water partition coefficient (Wildman–Crippen LogP) is 4.40. The Morgan fingerprint density at radius 2 is 2.00 bits per heavy atom. The molecule has 0 aromatic heterocycles. The van der Waals surface area contributed by atoms with E-state index in [2.05, 4.69) is 24.2 Å². The second-order valence-electron chi connectivity index (χ2n) is 6.00. The fourth-order valence-corrected chi connectivity index (χ4v) is 2.68. The highest BCUT2D eigenvalue weighted by molar-refractivity contribution is 6.43. The maximum Gasteiger partial charge on any atom is 0.270 e. The molecule has 1 aliphatic carbocycles. The van der Waals surface area contributed by atoms with Crippen LogP contribution in [0.4, 0.5) is 0 Å². The number of hydrogen-bond donors (Lipinski definition) is 1. The lowest BCUT2D eigenvalue weighted by atomic mass is 9.84. The van der Waals surface area contributed by atoms with Gasteiger partial charge in [-0.15, -0.1) is 0 Å². The Balaban J connectivity index is 2.71. The van der Waals surface area contributed by atoms with Crippen molar-refractivity contribution in [3.05, 3.63) is 23.9 Å². The molecular weight excluding hydrogens is 260 g/mol. The van der Waals surface area contributed by atoms with Crippen LogP contribution in [0.25, 0.3) is 0 Å². The Morgan fingerprint density at radius 3 is 2.57 bits per heavy atom. The third-order valence-electron chi connectivity index (χ3n) is 4.25. The zero-order chi connectivity index (χ0) is 15.7. The topological polar surface area (TPSA) is 41.5 Å². The second kappa shape index (κ2) is 9.54. The first-order chi connectivity index (χ1) is 10.1. The van der Waals surface area contributed by atoms with Gasteiger partial charge in [0.15, 0.2) is 0 Å². The number of amides is 1. The van der Waals surface area contributed by atoms with Gasteiger partial charge in [-0.05, 0) is 52.0 Å². The largest absolute Gasteiger partial charge is 0.348 e. The van der Waals surface area contributed by atoms with E-state index in [0.29, 0.717) is 11.6 Å². The van der Waals surface area contributed by atoms with Crippen molar-refractivity contribution in [3.63, 3.8) is 0 Å². The number of rotatable bonds is 6. The van der Waals surface area contributed by atoms with E-state index in [-0.39, 0.29) is 11.9 Å². The van der Waals surface area contributed by atoms with Gasteiger partial charge in [-0.3, -0.25) is 9.79 Å². The summed E-state index contributed by atoms with van der Waals surface area (Å²) in [5, 5.41) is 3.14. The molecule has 0 aliphatic heterocycles. The zero-order valence-electron chi connectivity index (χ0n) is 14.0. The number of hydrogen-bond acceptors (Lipinski definition) is 2. The summed E-state index contributed by atoms with van der Waals surface area (Å²) >= 11 is 0. The van der Waals surface area contributed by atoms with Crippen LogP contribution in [0, 0.1) is 5.92 Å². The quantitative estimate of drug-likeness (QED) is 0.724. The van der Waals surface area contributed by atoms with Crippen LogP contribution < -0.4 is 5.32 Å². The summed E-state index contributed by atoms with van der Waals surface area (Å²) in [6.07, 6.45) is 12.7. The third-order valence-corrected chi connectivity index (χ3v) is 4.25. The molecule has 1 rings (SSSR count). The molecule has 0 spiro atoms. The molecule has 1 N–H and O–H groups in total. The fourth-order valence-electron chi connectivity index (χ4n) is 2.68. The standard InChI is InChI=1S/C18H30N2O/c1-5-12-19-17(13-14(3)6-2)18(21)20-15(4)16-10-8-7-9-11-16/h5,12-13,15-16H,6-11H2,1-4H3,(H,20,21)/b12-5-,14-13+,19-17-. The molecule has 1 saturated carbocycles. The Morgan fingerprint density at radius 1 is 1.33 bits per heavy atom. The van der Waals surface area contributed by atoms with E-state index in [9.17, 15) is 4.79 Å². The normalized spacial score (nSPS) is 19.8. The number of allylic oxidation sites excluding steroid dienone is 2. The van der Waals surface area contributed by atoms with E-state index >= 15 is 0 Å². The van der Waals surface area contributed by atoms with Gasteiger partial charge in [0, 0.05) is 12.2 Å². The van der Waals surface area contributed by atoms with E-state index < -0.39 is 0 Å². The molecule has 0 aromatic rings. The van der Waals surface area contributed by atoms with Crippen molar-refractivity contribution in [2.24, 2.45) is 10.9 Å². The summed E-state index contributed by atoms with van der Waals surface area (Å²) in [5.41, 5.74) is 1.67. The van der Waals surface area contributed by atoms with Crippen LogP contribution in [0.3, 0.4) is 0 Å². The molecule has 0 heterocycles. The van der Waals surface area contributed by atoms with Crippen LogP contribution in [-0.2, 0) is 4.79 Å². The van der Waals surface area contributed by atoms with Gasteiger partial charge >= 0.3 is 0 Å². The Kier molecular flexibility index (Phi) is 8.03. The van der Waals surface area contributed by atoms with Crippen molar-refractivity contribution in [3.8, 4) is 0 Å². The molecule has 1 atom stereocenters. The molecule has 1 aliphatic rings. The number of carbonyl (C=O) groups is 1. The predicted molar refractivity (Wildman–Crippen MR) is 90.5 cm³/mol. The summed E-state index contributed by atoms with van der Waals surface area (Å²) in [6.45, 7) is 8.14. The lowest BCUT2D eigenvalue weighted by Crippen LogP contribution is -2.41. The van der Waals surface area contributed by atoms with Crippen molar-refractivity contribution < 1.29 is 4.79 Å². The molecule has 0 saturated heterocycles. The summed E-state index contributed by atoms with van der Waals surface area (Å²) in [4.78, 5) is 16.7. The lowest BCUT2D eigenvalue weighted by Gasteiger charge is -2.28. The van der Waals surface area contributed by atoms with Crippen LogP contribution in [-0.4, -0.2) is 17.7 Å². The summed E-state index contributed by atoms with van der Waals surface area (Å²) in [7, 11) is 0. The molecule has 3 nitrogen and oxygen atoms in total. The molecular formula is C18H30N2O. The van der Waals surface area contributed by atoms with Gasteiger partial charge in [0.2, 0.25) is 0 Å². The minimum Gasteiger partial charge on any atom is -0.348 e. The van der Waals surface area contributed by atoms with Gasteiger partial charge in [0.25, 0.3) is 5.91 Å². The lowest BCUT2D eigenvalue weighted by molar-refractivity contribution is -0.115. The van der Waals surface area contributed by atoms with Crippen molar-refractivity contribution in [2.45, 2.75) is 72.3 Å². The molecule has 118 valence electrons. The van der Waals surface area contributed by atoms with Crippen molar-refractivity contribution in [2.75, 3.05) is 0 Å². The Bertz CT molecular complexity index is 415. The van der Waals surface area contributed by atoms with Crippen LogP contribution in [0.2, 0.25) is 0 Å².